The Morgan fingerprint density at radius 2 is 2.10 bits per heavy atom. The average Bonchev–Trinajstić information content (AvgIpc) is 3.01. The topological polar surface area (TPSA) is 29.9 Å². The second-order valence-corrected chi connectivity index (χ2v) is 5.94. The average molecular weight is 283 g/mol. The lowest BCUT2D eigenvalue weighted by atomic mass is 9.78. The molecular formula is C18H25N3. The number of rotatable bonds is 5. The molecule has 1 aliphatic carbocycles. The maximum Gasteiger partial charge on any atom is 0.0537 e. The Kier molecular flexibility index (Phi) is 4.39. The predicted molar refractivity (Wildman–Crippen MR) is 86.3 cm³/mol. The molecule has 1 N–H and O–H groups in total. The van der Waals surface area contributed by atoms with E-state index in [4.69, 9.17) is 0 Å². The first-order chi connectivity index (χ1) is 10.3. The van der Waals surface area contributed by atoms with Gasteiger partial charge in [-0.3, -0.25) is 4.68 Å². The van der Waals surface area contributed by atoms with E-state index in [2.05, 4.69) is 54.7 Å². The molecule has 1 aromatic carbocycles. The third-order valence-electron chi connectivity index (χ3n) is 4.62. The van der Waals surface area contributed by atoms with Crippen molar-refractivity contribution < 1.29 is 0 Å². The highest BCUT2D eigenvalue weighted by Crippen LogP contribution is 2.34. The summed E-state index contributed by atoms with van der Waals surface area (Å²) in [6.07, 6.45) is 7.87. The molecular weight excluding hydrogens is 258 g/mol. The zero-order valence-corrected chi connectivity index (χ0v) is 13.0. The minimum Gasteiger partial charge on any atom is -0.310 e. The molecule has 0 saturated carbocycles. The SMILES string of the molecule is CCNC(c1cnn(CC)c1)C1CCc2ccccc2C1. The van der Waals surface area contributed by atoms with Crippen LogP contribution in [0.15, 0.2) is 36.7 Å². The predicted octanol–water partition coefficient (Wildman–Crippen LogP) is 3.36. The van der Waals surface area contributed by atoms with Gasteiger partial charge in [0.25, 0.3) is 0 Å². The summed E-state index contributed by atoms with van der Waals surface area (Å²) in [6, 6.07) is 9.32. The Bertz CT molecular complexity index is 588. The number of nitrogens with one attached hydrogen (secondary N) is 1. The Morgan fingerprint density at radius 3 is 2.81 bits per heavy atom. The van der Waals surface area contributed by atoms with Crippen LogP contribution in [0.5, 0.6) is 0 Å². The molecule has 112 valence electrons. The smallest absolute Gasteiger partial charge is 0.0537 e. The third kappa shape index (κ3) is 3.03. The van der Waals surface area contributed by atoms with Crippen LogP contribution in [-0.2, 0) is 19.4 Å². The van der Waals surface area contributed by atoms with E-state index < -0.39 is 0 Å². The van der Waals surface area contributed by atoms with E-state index in [1.807, 2.05) is 10.9 Å². The van der Waals surface area contributed by atoms with Crippen LogP contribution in [0.25, 0.3) is 0 Å². The van der Waals surface area contributed by atoms with Crippen LogP contribution in [-0.4, -0.2) is 16.3 Å². The first-order valence-electron chi connectivity index (χ1n) is 8.14. The minimum absolute atomic E-state index is 0.420. The lowest BCUT2D eigenvalue weighted by molar-refractivity contribution is 0.330. The van der Waals surface area contributed by atoms with Gasteiger partial charge in [-0.2, -0.15) is 5.10 Å². The lowest BCUT2D eigenvalue weighted by Crippen LogP contribution is -2.31. The maximum atomic E-state index is 4.45. The van der Waals surface area contributed by atoms with E-state index in [1.165, 1.54) is 36.0 Å². The second-order valence-electron chi connectivity index (χ2n) is 5.94. The van der Waals surface area contributed by atoms with Gasteiger partial charge in [0.1, 0.15) is 0 Å². The maximum absolute atomic E-state index is 4.45. The highest BCUT2D eigenvalue weighted by molar-refractivity contribution is 5.30. The van der Waals surface area contributed by atoms with E-state index in [0.29, 0.717) is 12.0 Å². The minimum atomic E-state index is 0.420. The molecule has 2 atom stereocenters. The Hall–Kier alpha value is -1.61. The summed E-state index contributed by atoms with van der Waals surface area (Å²) in [5.74, 6) is 0.661. The zero-order chi connectivity index (χ0) is 14.7. The molecule has 0 amide bonds. The number of nitrogens with zero attached hydrogens (tertiary/aromatic N) is 2. The highest BCUT2D eigenvalue weighted by Gasteiger charge is 2.27. The molecule has 0 radical (unpaired) electrons. The van der Waals surface area contributed by atoms with Gasteiger partial charge < -0.3 is 5.32 Å². The lowest BCUT2D eigenvalue weighted by Gasteiger charge is -2.31. The van der Waals surface area contributed by atoms with E-state index in [-0.39, 0.29) is 0 Å². The summed E-state index contributed by atoms with van der Waals surface area (Å²) in [7, 11) is 0. The zero-order valence-electron chi connectivity index (χ0n) is 13.0. The summed E-state index contributed by atoms with van der Waals surface area (Å²) in [4.78, 5) is 0. The summed E-state index contributed by atoms with van der Waals surface area (Å²) in [6.45, 7) is 6.26. The molecule has 0 fully saturated rings. The Labute approximate surface area is 127 Å². The summed E-state index contributed by atoms with van der Waals surface area (Å²) in [5, 5.41) is 8.14. The normalized spacial score (nSPS) is 19.2. The van der Waals surface area contributed by atoms with Crippen LogP contribution in [0.3, 0.4) is 0 Å². The van der Waals surface area contributed by atoms with Crippen molar-refractivity contribution in [2.75, 3.05) is 6.54 Å². The first-order valence-corrected chi connectivity index (χ1v) is 8.14. The van der Waals surface area contributed by atoms with Gasteiger partial charge in [0, 0.05) is 24.3 Å². The number of hydrogen-bond acceptors (Lipinski definition) is 2. The van der Waals surface area contributed by atoms with Gasteiger partial charge in [0.2, 0.25) is 0 Å². The van der Waals surface area contributed by atoms with Crippen molar-refractivity contribution in [3.8, 4) is 0 Å². The second kappa shape index (κ2) is 6.44. The molecule has 21 heavy (non-hydrogen) atoms. The standard InChI is InChI=1S/C18H25N3/c1-3-19-18(17-12-20-21(4-2)13-17)16-10-9-14-7-5-6-8-15(14)11-16/h5-8,12-13,16,18-19H,3-4,9-11H2,1-2H3. The Balaban J connectivity index is 1.82. The first kappa shape index (κ1) is 14.3. The molecule has 0 bridgehead atoms. The van der Waals surface area contributed by atoms with Crippen LogP contribution >= 0.6 is 0 Å². The monoisotopic (exact) mass is 283 g/mol. The molecule has 1 aromatic heterocycles. The van der Waals surface area contributed by atoms with Crippen molar-refractivity contribution in [1.29, 1.82) is 0 Å². The number of benzene rings is 1. The van der Waals surface area contributed by atoms with E-state index in [1.54, 1.807) is 0 Å². The van der Waals surface area contributed by atoms with E-state index in [0.717, 1.165) is 13.1 Å². The fraction of sp³-hybridized carbons (Fsp3) is 0.500. The molecule has 3 heteroatoms. The van der Waals surface area contributed by atoms with E-state index in [9.17, 15) is 0 Å². The van der Waals surface area contributed by atoms with Gasteiger partial charge in [-0.05, 0) is 49.8 Å². The van der Waals surface area contributed by atoms with Crippen LogP contribution in [0.4, 0.5) is 0 Å². The summed E-state index contributed by atoms with van der Waals surface area (Å²) >= 11 is 0. The molecule has 0 aliphatic heterocycles. The fourth-order valence-corrected chi connectivity index (χ4v) is 3.50. The highest BCUT2D eigenvalue weighted by atomic mass is 15.3. The molecule has 2 aromatic rings. The quantitative estimate of drug-likeness (QED) is 0.912. The number of fused-ring (bicyclic) bond motifs is 1. The van der Waals surface area contributed by atoms with Gasteiger partial charge in [0.05, 0.1) is 6.20 Å². The van der Waals surface area contributed by atoms with E-state index >= 15 is 0 Å². The van der Waals surface area contributed by atoms with Crippen LogP contribution in [0, 0.1) is 5.92 Å². The molecule has 1 heterocycles. The third-order valence-corrected chi connectivity index (χ3v) is 4.62. The van der Waals surface area contributed by atoms with Crippen molar-refractivity contribution in [3.63, 3.8) is 0 Å². The number of aromatic nitrogens is 2. The Morgan fingerprint density at radius 1 is 1.29 bits per heavy atom. The summed E-state index contributed by atoms with van der Waals surface area (Å²) < 4.78 is 2.02. The van der Waals surface area contributed by atoms with Crippen molar-refractivity contribution >= 4 is 0 Å². The van der Waals surface area contributed by atoms with Gasteiger partial charge >= 0.3 is 0 Å². The molecule has 0 saturated heterocycles. The molecule has 0 spiro atoms. The van der Waals surface area contributed by atoms with Gasteiger partial charge in [-0.1, -0.05) is 31.2 Å². The van der Waals surface area contributed by atoms with Crippen molar-refractivity contribution in [3.05, 3.63) is 53.3 Å². The molecule has 3 nitrogen and oxygen atoms in total. The van der Waals surface area contributed by atoms with Gasteiger partial charge in [-0.15, -0.1) is 0 Å². The molecule has 1 aliphatic rings. The van der Waals surface area contributed by atoms with Crippen LogP contribution in [0.2, 0.25) is 0 Å². The van der Waals surface area contributed by atoms with Crippen LogP contribution < -0.4 is 5.32 Å². The number of aryl methyl sites for hydroxylation is 2. The molecule has 2 unspecified atom stereocenters. The molecule has 3 rings (SSSR count). The van der Waals surface area contributed by atoms with Crippen molar-refractivity contribution in [1.82, 2.24) is 15.1 Å². The van der Waals surface area contributed by atoms with Gasteiger partial charge in [0.15, 0.2) is 0 Å². The fourth-order valence-electron chi connectivity index (χ4n) is 3.50. The summed E-state index contributed by atoms with van der Waals surface area (Å²) in [5.41, 5.74) is 4.40. The van der Waals surface area contributed by atoms with Crippen molar-refractivity contribution in [2.45, 2.75) is 45.7 Å². The van der Waals surface area contributed by atoms with Gasteiger partial charge in [-0.25, -0.2) is 0 Å². The number of hydrogen-bond donors (Lipinski definition) is 1. The largest absolute Gasteiger partial charge is 0.310 e. The van der Waals surface area contributed by atoms with Crippen LogP contribution in [0.1, 0.15) is 43.0 Å². The van der Waals surface area contributed by atoms with Crippen molar-refractivity contribution in [2.24, 2.45) is 5.92 Å².